The average Bonchev–Trinajstić information content (AvgIpc) is 2.69. The summed E-state index contributed by atoms with van der Waals surface area (Å²) in [5.74, 6) is 1.07. The summed E-state index contributed by atoms with van der Waals surface area (Å²) in [6.45, 7) is 8.72. The van der Waals surface area contributed by atoms with E-state index in [4.69, 9.17) is 0 Å². The number of hydrogen-bond donors (Lipinski definition) is 0. The van der Waals surface area contributed by atoms with Crippen molar-refractivity contribution in [1.29, 1.82) is 0 Å². The lowest BCUT2D eigenvalue weighted by Gasteiger charge is -2.46. The fourth-order valence-electron chi connectivity index (χ4n) is 4.97. The van der Waals surface area contributed by atoms with Crippen molar-refractivity contribution in [3.63, 3.8) is 0 Å². The van der Waals surface area contributed by atoms with Gasteiger partial charge in [-0.05, 0) is 37.7 Å². The van der Waals surface area contributed by atoms with Crippen LogP contribution in [0.2, 0.25) is 0 Å². The Labute approximate surface area is 159 Å². The number of Topliss-reactive ketones (excluding diaryl/α,β-unsaturated/α-hetero) is 1. The van der Waals surface area contributed by atoms with Crippen molar-refractivity contribution in [3.05, 3.63) is 35.9 Å². The van der Waals surface area contributed by atoms with Gasteiger partial charge in [0, 0.05) is 38.6 Å². The fourth-order valence-corrected chi connectivity index (χ4v) is 4.97. The topological polar surface area (TPSA) is 23.6 Å². The van der Waals surface area contributed by atoms with E-state index in [0.29, 0.717) is 24.2 Å². The quantitative estimate of drug-likeness (QED) is 0.733. The Balaban J connectivity index is 1.57. The Morgan fingerprint density at radius 3 is 2.50 bits per heavy atom. The Morgan fingerprint density at radius 2 is 1.85 bits per heavy atom. The number of carbonyl (C=O) groups is 1. The molecule has 0 radical (unpaired) electrons. The van der Waals surface area contributed by atoms with Crippen LogP contribution in [0, 0.1) is 5.92 Å². The molecule has 2 atom stereocenters. The van der Waals surface area contributed by atoms with Crippen LogP contribution in [0.5, 0.6) is 0 Å². The van der Waals surface area contributed by atoms with Crippen molar-refractivity contribution in [3.8, 4) is 0 Å². The smallest absolute Gasteiger partial charge is 0.149 e. The molecule has 3 heteroatoms. The summed E-state index contributed by atoms with van der Waals surface area (Å²) in [5, 5.41) is 0. The van der Waals surface area contributed by atoms with Gasteiger partial charge in [-0.1, -0.05) is 56.5 Å². The highest BCUT2D eigenvalue weighted by molar-refractivity contribution is 5.84. The molecule has 1 aromatic rings. The molecule has 0 aromatic heterocycles. The maximum atomic E-state index is 12.8. The molecule has 1 aliphatic heterocycles. The Hall–Kier alpha value is -1.19. The Kier molecular flexibility index (Phi) is 7.27. The fraction of sp³-hybridized carbons (Fsp3) is 0.696. The minimum absolute atomic E-state index is 0.173. The van der Waals surface area contributed by atoms with Crippen LogP contribution in [0.25, 0.3) is 0 Å². The summed E-state index contributed by atoms with van der Waals surface area (Å²) in [5.41, 5.74) is 1.42. The van der Waals surface area contributed by atoms with Crippen molar-refractivity contribution in [2.75, 3.05) is 26.2 Å². The molecular formula is C23H36N2O. The molecule has 3 rings (SSSR count). The molecule has 1 saturated heterocycles. The predicted octanol–water partition coefficient (Wildman–Crippen LogP) is 4.16. The van der Waals surface area contributed by atoms with Gasteiger partial charge < -0.3 is 4.90 Å². The molecule has 1 saturated carbocycles. The first kappa shape index (κ1) is 19.6. The third-order valence-corrected chi connectivity index (χ3v) is 6.45. The zero-order valence-electron chi connectivity index (χ0n) is 16.7. The second-order valence-corrected chi connectivity index (χ2v) is 8.29. The standard InChI is InChI=1S/C23H36N2O/c1-3-22(26)23(21-12-8-5-9-13-21)25-17-16-24(18-19(25)2)15-14-20-10-6-4-7-11-20/h4,6-7,10-11,19,21,23H,3,5,8-9,12-18H2,1-2H3/t19-,23?/m1/s1. The minimum atomic E-state index is 0.173. The van der Waals surface area contributed by atoms with Gasteiger partial charge in [-0.25, -0.2) is 0 Å². The van der Waals surface area contributed by atoms with Crippen molar-refractivity contribution in [1.82, 2.24) is 9.80 Å². The van der Waals surface area contributed by atoms with Crippen LogP contribution in [0.1, 0.15) is 57.9 Å². The monoisotopic (exact) mass is 356 g/mol. The van der Waals surface area contributed by atoms with Crippen molar-refractivity contribution < 1.29 is 4.79 Å². The summed E-state index contributed by atoms with van der Waals surface area (Å²) in [6.07, 6.45) is 8.27. The molecular weight excluding hydrogens is 320 g/mol. The molecule has 1 aliphatic carbocycles. The van der Waals surface area contributed by atoms with Gasteiger partial charge in [-0.15, -0.1) is 0 Å². The Bertz CT molecular complexity index is 553. The molecule has 144 valence electrons. The van der Waals surface area contributed by atoms with Crippen LogP contribution in [0.4, 0.5) is 0 Å². The Morgan fingerprint density at radius 1 is 1.12 bits per heavy atom. The molecule has 1 heterocycles. The third-order valence-electron chi connectivity index (χ3n) is 6.45. The molecule has 1 unspecified atom stereocenters. The first-order chi connectivity index (χ1) is 12.7. The van der Waals surface area contributed by atoms with E-state index in [1.165, 1.54) is 37.7 Å². The largest absolute Gasteiger partial charge is 0.300 e. The number of hydrogen-bond acceptors (Lipinski definition) is 3. The molecule has 26 heavy (non-hydrogen) atoms. The predicted molar refractivity (Wildman–Crippen MR) is 108 cm³/mol. The van der Waals surface area contributed by atoms with E-state index in [0.717, 1.165) is 32.6 Å². The van der Waals surface area contributed by atoms with Crippen LogP contribution in [0.15, 0.2) is 30.3 Å². The van der Waals surface area contributed by atoms with Gasteiger partial charge in [-0.2, -0.15) is 0 Å². The van der Waals surface area contributed by atoms with E-state index >= 15 is 0 Å². The lowest BCUT2D eigenvalue weighted by atomic mass is 9.80. The normalized spacial score (nSPS) is 24.5. The SMILES string of the molecule is CCC(=O)C(C1CCCCC1)N1CCN(CCc2ccccc2)C[C@H]1C. The average molecular weight is 357 g/mol. The highest BCUT2D eigenvalue weighted by atomic mass is 16.1. The van der Waals surface area contributed by atoms with Gasteiger partial charge in [0.15, 0.2) is 0 Å². The zero-order chi connectivity index (χ0) is 18.4. The molecule has 0 bridgehead atoms. The summed E-state index contributed by atoms with van der Waals surface area (Å²) < 4.78 is 0. The maximum Gasteiger partial charge on any atom is 0.149 e. The number of benzene rings is 1. The van der Waals surface area contributed by atoms with Gasteiger partial charge >= 0.3 is 0 Å². The highest BCUT2D eigenvalue weighted by Crippen LogP contribution is 2.32. The van der Waals surface area contributed by atoms with Crippen molar-refractivity contribution in [2.45, 2.75) is 70.9 Å². The lowest BCUT2D eigenvalue weighted by molar-refractivity contribution is -0.129. The van der Waals surface area contributed by atoms with Crippen LogP contribution in [-0.4, -0.2) is 53.8 Å². The molecule has 2 aliphatic rings. The maximum absolute atomic E-state index is 12.8. The van der Waals surface area contributed by atoms with Crippen LogP contribution >= 0.6 is 0 Å². The van der Waals surface area contributed by atoms with E-state index in [1.54, 1.807) is 0 Å². The van der Waals surface area contributed by atoms with E-state index in [2.05, 4.69) is 47.1 Å². The summed E-state index contributed by atoms with van der Waals surface area (Å²) in [4.78, 5) is 17.9. The van der Waals surface area contributed by atoms with E-state index in [-0.39, 0.29) is 6.04 Å². The van der Waals surface area contributed by atoms with Gasteiger partial charge in [0.1, 0.15) is 5.78 Å². The van der Waals surface area contributed by atoms with Gasteiger partial charge in [0.2, 0.25) is 0 Å². The number of ketones is 1. The lowest BCUT2D eigenvalue weighted by Crippen LogP contribution is -2.59. The first-order valence-corrected chi connectivity index (χ1v) is 10.7. The second kappa shape index (κ2) is 9.66. The van der Waals surface area contributed by atoms with Gasteiger partial charge in [0.25, 0.3) is 0 Å². The second-order valence-electron chi connectivity index (χ2n) is 8.29. The number of carbonyl (C=O) groups excluding carboxylic acids is 1. The molecule has 2 fully saturated rings. The van der Waals surface area contributed by atoms with Gasteiger partial charge in [0.05, 0.1) is 6.04 Å². The molecule has 0 N–H and O–H groups in total. The summed E-state index contributed by atoms with van der Waals surface area (Å²) in [7, 11) is 0. The van der Waals surface area contributed by atoms with E-state index < -0.39 is 0 Å². The number of piperazine rings is 1. The first-order valence-electron chi connectivity index (χ1n) is 10.7. The van der Waals surface area contributed by atoms with Crippen molar-refractivity contribution >= 4 is 5.78 Å². The summed E-state index contributed by atoms with van der Waals surface area (Å²) >= 11 is 0. The molecule has 3 nitrogen and oxygen atoms in total. The number of nitrogens with zero attached hydrogens (tertiary/aromatic N) is 2. The van der Waals surface area contributed by atoms with Crippen LogP contribution in [0.3, 0.4) is 0 Å². The summed E-state index contributed by atoms with van der Waals surface area (Å²) in [6, 6.07) is 11.4. The van der Waals surface area contributed by atoms with Crippen LogP contribution < -0.4 is 0 Å². The van der Waals surface area contributed by atoms with E-state index in [9.17, 15) is 4.79 Å². The zero-order valence-corrected chi connectivity index (χ0v) is 16.7. The third kappa shape index (κ3) is 4.95. The molecule has 0 amide bonds. The number of rotatable bonds is 7. The molecule has 0 spiro atoms. The van der Waals surface area contributed by atoms with Gasteiger partial charge in [-0.3, -0.25) is 9.69 Å². The molecule has 1 aromatic carbocycles. The highest BCUT2D eigenvalue weighted by Gasteiger charge is 2.37. The van der Waals surface area contributed by atoms with Crippen molar-refractivity contribution in [2.24, 2.45) is 5.92 Å². The van der Waals surface area contributed by atoms with Crippen LogP contribution in [-0.2, 0) is 11.2 Å². The van der Waals surface area contributed by atoms with E-state index in [1.807, 2.05) is 6.92 Å². The minimum Gasteiger partial charge on any atom is -0.300 e.